The second kappa shape index (κ2) is 3.90. The van der Waals surface area contributed by atoms with Crippen molar-refractivity contribution in [1.29, 1.82) is 0 Å². The quantitative estimate of drug-likeness (QED) is 0.801. The zero-order chi connectivity index (χ0) is 13.0. The molecule has 2 saturated carbocycles. The molecule has 0 bridgehead atoms. The highest BCUT2D eigenvalue weighted by Gasteiger charge is 2.45. The number of aromatic nitrogens is 4. The van der Waals surface area contributed by atoms with Gasteiger partial charge in [0.05, 0.1) is 12.4 Å². The summed E-state index contributed by atoms with van der Waals surface area (Å²) in [7, 11) is 0. The Labute approximate surface area is 110 Å². The molecule has 0 radical (unpaired) electrons. The van der Waals surface area contributed by atoms with E-state index < -0.39 is 0 Å². The number of nitrogens with two attached hydrogens (primary N) is 1. The highest BCUT2D eigenvalue weighted by Crippen LogP contribution is 2.50. The van der Waals surface area contributed by atoms with Crippen molar-refractivity contribution in [3.05, 3.63) is 12.7 Å². The fourth-order valence-corrected chi connectivity index (χ4v) is 4.00. The van der Waals surface area contributed by atoms with E-state index in [-0.39, 0.29) is 6.10 Å². The van der Waals surface area contributed by atoms with Crippen molar-refractivity contribution >= 4 is 17.0 Å². The number of fused-ring (bicyclic) bond motifs is 2. The van der Waals surface area contributed by atoms with Crippen LogP contribution < -0.4 is 5.73 Å². The molecule has 4 atom stereocenters. The zero-order valence-corrected chi connectivity index (χ0v) is 10.6. The second-order valence-corrected chi connectivity index (χ2v) is 5.70. The largest absolute Gasteiger partial charge is 0.393 e. The number of imidazole rings is 1. The second-order valence-electron chi connectivity index (χ2n) is 5.70. The number of rotatable bonds is 1. The maximum Gasteiger partial charge on any atom is 0.165 e. The molecule has 6 nitrogen and oxygen atoms in total. The lowest BCUT2D eigenvalue weighted by Gasteiger charge is -2.20. The van der Waals surface area contributed by atoms with Crippen molar-refractivity contribution < 1.29 is 5.11 Å². The van der Waals surface area contributed by atoms with E-state index in [1.165, 1.54) is 6.33 Å². The molecule has 2 aromatic heterocycles. The van der Waals surface area contributed by atoms with Crippen LogP contribution in [0.3, 0.4) is 0 Å². The smallest absolute Gasteiger partial charge is 0.165 e. The van der Waals surface area contributed by atoms with Crippen molar-refractivity contribution in [3.63, 3.8) is 0 Å². The van der Waals surface area contributed by atoms with Crippen molar-refractivity contribution in [3.8, 4) is 0 Å². The van der Waals surface area contributed by atoms with Crippen molar-refractivity contribution in [2.45, 2.75) is 37.8 Å². The first-order valence-corrected chi connectivity index (χ1v) is 6.87. The van der Waals surface area contributed by atoms with E-state index >= 15 is 0 Å². The predicted octanol–water partition coefficient (Wildman–Crippen LogP) is 1.13. The van der Waals surface area contributed by atoms with E-state index in [4.69, 9.17) is 5.73 Å². The molecule has 0 amide bonds. The predicted molar refractivity (Wildman–Crippen MR) is 70.2 cm³/mol. The SMILES string of the molecule is Nc1ncnc2c1ncn2[C@H]1CC[C@H]2[C@@H]1CC[C@H]2O. The van der Waals surface area contributed by atoms with Crippen LogP contribution in [-0.4, -0.2) is 30.7 Å². The molecule has 6 heteroatoms. The lowest BCUT2D eigenvalue weighted by Crippen LogP contribution is -2.18. The average Bonchev–Trinajstić information content (AvgIpc) is 3.06. The number of hydrogen-bond acceptors (Lipinski definition) is 5. The molecule has 0 aromatic carbocycles. The third-order valence-electron chi connectivity index (χ3n) is 4.87. The van der Waals surface area contributed by atoms with E-state index in [9.17, 15) is 5.11 Å². The molecule has 19 heavy (non-hydrogen) atoms. The lowest BCUT2D eigenvalue weighted by atomic mass is 9.96. The third-order valence-corrected chi connectivity index (χ3v) is 4.87. The standard InChI is InChI=1S/C13H17N5O/c14-12-11-13(16-5-15-12)18(6-17-11)9-3-1-8-7(9)2-4-10(8)19/h5-10,19H,1-4H2,(H2,14,15,16)/t7-,8-,9-,10+/m0/s1. The van der Waals surface area contributed by atoms with Gasteiger partial charge in [0.15, 0.2) is 11.5 Å². The highest BCUT2D eigenvalue weighted by molar-refractivity contribution is 5.81. The van der Waals surface area contributed by atoms with E-state index in [2.05, 4.69) is 19.5 Å². The van der Waals surface area contributed by atoms with Gasteiger partial charge in [-0.2, -0.15) is 0 Å². The van der Waals surface area contributed by atoms with Gasteiger partial charge in [0.25, 0.3) is 0 Å². The number of hydrogen-bond donors (Lipinski definition) is 2. The average molecular weight is 259 g/mol. The molecule has 0 saturated heterocycles. The number of anilines is 1. The van der Waals surface area contributed by atoms with Gasteiger partial charge in [-0.1, -0.05) is 0 Å². The first-order valence-electron chi connectivity index (χ1n) is 6.87. The Morgan fingerprint density at radius 2 is 1.95 bits per heavy atom. The topological polar surface area (TPSA) is 89.9 Å². The molecular formula is C13H17N5O. The van der Waals surface area contributed by atoms with Crippen LogP contribution in [0.5, 0.6) is 0 Å². The lowest BCUT2D eigenvalue weighted by molar-refractivity contribution is 0.124. The minimum Gasteiger partial charge on any atom is -0.393 e. The van der Waals surface area contributed by atoms with Gasteiger partial charge in [0, 0.05) is 6.04 Å². The molecule has 2 aromatic rings. The normalized spacial score (nSPS) is 33.9. The summed E-state index contributed by atoms with van der Waals surface area (Å²) in [5.41, 5.74) is 7.33. The molecule has 4 rings (SSSR count). The Morgan fingerprint density at radius 1 is 1.11 bits per heavy atom. The Morgan fingerprint density at radius 3 is 2.84 bits per heavy atom. The Bertz CT molecular complexity index is 625. The van der Waals surface area contributed by atoms with Gasteiger partial charge in [-0.3, -0.25) is 0 Å². The molecule has 100 valence electrons. The third kappa shape index (κ3) is 1.49. The summed E-state index contributed by atoms with van der Waals surface area (Å²) in [6.07, 6.45) is 7.40. The van der Waals surface area contributed by atoms with E-state index in [0.29, 0.717) is 29.2 Å². The summed E-state index contributed by atoms with van der Waals surface area (Å²) in [5.74, 6) is 1.43. The summed E-state index contributed by atoms with van der Waals surface area (Å²) in [5, 5.41) is 10.0. The summed E-state index contributed by atoms with van der Waals surface area (Å²) in [4.78, 5) is 12.6. The highest BCUT2D eigenvalue weighted by atomic mass is 16.3. The molecule has 2 heterocycles. The van der Waals surface area contributed by atoms with E-state index in [1.54, 1.807) is 0 Å². The summed E-state index contributed by atoms with van der Waals surface area (Å²) >= 11 is 0. The fourth-order valence-electron chi connectivity index (χ4n) is 4.00. The maximum atomic E-state index is 10.0. The van der Waals surface area contributed by atoms with Gasteiger partial charge in [-0.15, -0.1) is 0 Å². The number of aliphatic hydroxyl groups is 1. The molecule has 0 unspecified atom stereocenters. The van der Waals surface area contributed by atoms with Crippen LogP contribution in [0.1, 0.15) is 31.7 Å². The van der Waals surface area contributed by atoms with Gasteiger partial charge < -0.3 is 15.4 Å². The molecule has 0 spiro atoms. The Balaban J connectivity index is 1.77. The van der Waals surface area contributed by atoms with Gasteiger partial charge in [-0.05, 0) is 37.5 Å². The zero-order valence-electron chi connectivity index (χ0n) is 10.6. The van der Waals surface area contributed by atoms with E-state index in [0.717, 1.165) is 31.3 Å². The Hall–Kier alpha value is -1.69. The van der Waals surface area contributed by atoms with E-state index in [1.807, 2.05) is 6.33 Å². The molecule has 3 N–H and O–H groups in total. The number of nitrogen functional groups attached to an aromatic ring is 1. The van der Waals surface area contributed by atoms with Crippen LogP contribution in [0, 0.1) is 11.8 Å². The molecule has 2 aliphatic rings. The van der Waals surface area contributed by atoms with Crippen LogP contribution in [0.2, 0.25) is 0 Å². The minimum atomic E-state index is -0.121. The Kier molecular flexibility index (Phi) is 2.29. The van der Waals surface area contributed by atoms with Crippen molar-refractivity contribution in [2.75, 3.05) is 5.73 Å². The molecule has 2 fully saturated rings. The van der Waals surface area contributed by atoms with Crippen LogP contribution in [0.25, 0.3) is 11.2 Å². The van der Waals surface area contributed by atoms with Gasteiger partial charge in [-0.25, -0.2) is 15.0 Å². The minimum absolute atomic E-state index is 0.121. The fraction of sp³-hybridized carbons (Fsp3) is 0.615. The molecule has 2 aliphatic carbocycles. The number of aliphatic hydroxyl groups excluding tert-OH is 1. The van der Waals surface area contributed by atoms with Crippen LogP contribution in [0.15, 0.2) is 12.7 Å². The maximum absolute atomic E-state index is 10.0. The first kappa shape index (κ1) is 11.2. The van der Waals surface area contributed by atoms with Crippen molar-refractivity contribution in [2.24, 2.45) is 11.8 Å². The molecular weight excluding hydrogens is 242 g/mol. The van der Waals surface area contributed by atoms with Crippen LogP contribution in [0.4, 0.5) is 5.82 Å². The molecule has 0 aliphatic heterocycles. The first-order chi connectivity index (χ1) is 9.25. The summed E-state index contributed by atoms with van der Waals surface area (Å²) in [6.45, 7) is 0. The van der Waals surface area contributed by atoms with Crippen molar-refractivity contribution in [1.82, 2.24) is 19.5 Å². The number of nitrogens with zero attached hydrogens (tertiary/aromatic N) is 4. The van der Waals surface area contributed by atoms with Gasteiger partial charge in [0.2, 0.25) is 0 Å². The van der Waals surface area contributed by atoms with Gasteiger partial charge in [0.1, 0.15) is 11.8 Å². The van der Waals surface area contributed by atoms with Crippen LogP contribution >= 0.6 is 0 Å². The van der Waals surface area contributed by atoms with Crippen LogP contribution in [-0.2, 0) is 0 Å². The summed E-state index contributed by atoms with van der Waals surface area (Å²) < 4.78 is 2.13. The monoisotopic (exact) mass is 259 g/mol. The summed E-state index contributed by atoms with van der Waals surface area (Å²) in [6, 6.07) is 0.390. The van der Waals surface area contributed by atoms with Gasteiger partial charge >= 0.3 is 0 Å².